The van der Waals surface area contributed by atoms with Gasteiger partial charge >= 0.3 is 5.97 Å². The highest BCUT2D eigenvalue weighted by molar-refractivity contribution is 7.15. The van der Waals surface area contributed by atoms with Gasteiger partial charge in [-0.25, -0.2) is 4.79 Å². The monoisotopic (exact) mass is 249 g/mol. The molecule has 0 saturated heterocycles. The molecule has 0 aliphatic heterocycles. The van der Waals surface area contributed by atoms with E-state index >= 15 is 0 Å². The van der Waals surface area contributed by atoms with Crippen LogP contribution in [-0.4, -0.2) is 24.2 Å². The maximum Gasteiger partial charge on any atom is 0.351 e. The van der Waals surface area contributed by atoms with Gasteiger partial charge in [0.1, 0.15) is 0 Å². The van der Waals surface area contributed by atoms with Gasteiger partial charge in [-0.1, -0.05) is 29.9 Å². The average Bonchev–Trinajstić information content (AvgIpc) is 2.58. The van der Waals surface area contributed by atoms with Crippen LogP contribution in [0.2, 0.25) is 5.15 Å². The predicted molar refractivity (Wildman–Crippen MR) is 58.8 cm³/mol. The van der Waals surface area contributed by atoms with Crippen molar-refractivity contribution in [1.82, 2.24) is 4.98 Å². The van der Waals surface area contributed by atoms with Crippen LogP contribution in [0.4, 0.5) is 0 Å². The smallest absolute Gasteiger partial charge is 0.351 e. The molecule has 0 aliphatic rings. The van der Waals surface area contributed by atoms with E-state index in [9.17, 15) is 4.79 Å². The van der Waals surface area contributed by atoms with Crippen molar-refractivity contribution in [2.75, 3.05) is 7.11 Å². The largest absolute Gasteiger partial charge is 0.467 e. The lowest BCUT2D eigenvalue weighted by Crippen LogP contribution is -2.09. The molecule has 1 unspecified atom stereocenters. The maximum atomic E-state index is 11.2. The topological polar surface area (TPSA) is 48.4 Å². The summed E-state index contributed by atoms with van der Waals surface area (Å²) >= 11 is 6.86. The summed E-state index contributed by atoms with van der Waals surface area (Å²) in [4.78, 5) is 15.4. The Hall–Kier alpha value is -0.810. The number of thiazole rings is 1. The lowest BCUT2D eigenvalue weighted by molar-refractivity contribution is 0.0606. The molecule has 0 N–H and O–H groups in total. The molecule has 1 aromatic rings. The van der Waals surface area contributed by atoms with Crippen LogP contribution in [-0.2, 0) is 4.74 Å². The van der Waals surface area contributed by atoms with Gasteiger partial charge in [0.15, 0.2) is 10.0 Å². The molecule has 0 aliphatic carbocycles. The molecule has 0 saturated carbocycles. The first-order valence-electron chi connectivity index (χ1n) is 4.49. The molecule has 4 nitrogen and oxygen atoms in total. The quantitative estimate of drug-likeness (QED) is 0.770. The zero-order valence-corrected chi connectivity index (χ0v) is 10.3. The SMILES string of the molecule is CCC(C)Oc1nc(Cl)c(C(=O)OC)s1. The first-order valence-corrected chi connectivity index (χ1v) is 5.69. The third kappa shape index (κ3) is 3.07. The second-order valence-corrected chi connectivity index (χ2v) is 4.25. The minimum atomic E-state index is -0.489. The fourth-order valence-corrected chi connectivity index (χ4v) is 1.95. The zero-order valence-electron chi connectivity index (χ0n) is 8.74. The van der Waals surface area contributed by atoms with E-state index in [1.807, 2.05) is 13.8 Å². The molecule has 84 valence electrons. The number of hydrogen-bond donors (Lipinski definition) is 0. The average molecular weight is 250 g/mol. The predicted octanol–water partition coefficient (Wildman–Crippen LogP) is 2.76. The molecule has 15 heavy (non-hydrogen) atoms. The normalized spacial score (nSPS) is 12.3. The highest BCUT2D eigenvalue weighted by atomic mass is 35.5. The Labute approximate surface area is 97.2 Å². The van der Waals surface area contributed by atoms with E-state index in [0.29, 0.717) is 5.19 Å². The van der Waals surface area contributed by atoms with Gasteiger partial charge in [0.05, 0.1) is 13.2 Å². The fraction of sp³-hybridized carbons (Fsp3) is 0.556. The molecule has 0 aromatic carbocycles. The molecule has 1 rings (SSSR count). The summed E-state index contributed by atoms with van der Waals surface area (Å²) in [6, 6.07) is 0. The highest BCUT2D eigenvalue weighted by Gasteiger charge is 2.18. The number of carbonyl (C=O) groups excluding carboxylic acids is 1. The number of rotatable bonds is 4. The highest BCUT2D eigenvalue weighted by Crippen LogP contribution is 2.30. The van der Waals surface area contributed by atoms with Crippen LogP contribution in [0.15, 0.2) is 0 Å². The number of carbonyl (C=O) groups is 1. The van der Waals surface area contributed by atoms with E-state index in [2.05, 4.69) is 9.72 Å². The second-order valence-electron chi connectivity index (χ2n) is 2.93. The summed E-state index contributed by atoms with van der Waals surface area (Å²) in [6.07, 6.45) is 0.919. The Bertz CT molecular complexity index is 353. The minimum absolute atomic E-state index is 0.0534. The van der Waals surface area contributed by atoms with Crippen molar-refractivity contribution in [1.29, 1.82) is 0 Å². The maximum absolute atomic E-state index is 11.2. The number of halogens is 1. The van der Waals surface area contributed by atoms with Gasteiger partial charge in [-0.15, -0.1) is 0 Å². The molecule has 1 heterocycles. The first-order chi connectivity index (χ1) is 7.08. The van der Waals surface area contributed by atoms with Crippen LogP contribution >= 0.6 is 22.9 Å². The van der Waals surface area contributed by atoms with Crippen LogP contribution in [0.1, 0.15) is 29.9 Å². The molecule has 1 aromatic heterocycles. The summed E-state index contributed by atoms with van der Waals surface area (Å²) in [5.74, 6) is -0.489. The van der Waals surface area contributed by atoms with E-state index in [1.165, 1.54) is 7.11 Å². The molecule has 6 heteroatoms. The van der Waals surface area contributed by atoms with Crippen molar-refractivity contribution >= 4 is 28.9 Å². The van der Waals surface area contributed by atoms with E-state index in [1.54, 1.807) is 0 Å². The van der Waals surface area contributed by atoms with Crippen molar-refractivity contribution in [2.24, 2.45) is 0 Å². The first kappa shape index (κ1) is 12.3. The van der Waals surface area contributed by atoms with Gasteiger partial charge in [-0.3, -0.25) is 0 Å². The molecule has 0 bridgehead atoms. The van der Waals surface area contributed by atoms with Gasteiger partial charge in [-0.2, -0.15) is 4.98 Å². The Balaban J connectivity index is 2.81. The standard InChI is InChI=1S/C9H12ClNO3S/c1-4-5(2)14-9-11-7(10)6(15-9)8(12)13-3/h5H,4H2,1-3H3. The molecule has 0 amide bonds. The van der Waals surface area contributed by atoms with E-state index in [4.69, 9.17) is 16.3 Å². The summed E-state index contributed by atoms with van der Waals surface area (Å²) in [5.41, 5.74) is 0. The number of hydrogen-bond acceptors (Lipinski definition) is 5. The van der Waals surface area contributed by atoms with E-state index in [-0.39, 0.29) is 16.1 Å². The van der Waals surface area contributed by atoms with Crippen LogP contribution in [0.3, 0.4) is 0 Å². The third-order valence-electron chi connectivity index (χ3n) is 1.81. The van der Waals surface area contributed by atoms with Gasteiger partial charge < -0.3 is 9.47 Å². The molecular formula is C9H12ClNO3S. The molecule has 0 fully saturated rings. The van der Waals surface area contributed by atoms with E-state index in [0.717, 1.165) is 17.8 Å². The molecular weight excluding hydrogens is 238 g/mol. The van der Waals surface area contributed by atoms with Crippen molar-refractivity contribution < 1.29 is 14.3 Å². The summed E-state index contributed by atoms with van der Waals surface area (Å²) in [7, 11) is 1.30. The van der Waals surface area contributed by atoms with Crippen molar-refractivity contribution in [3.63, 3.8) is 0 Å². The van der Waals surface area contributed by atoms with Gasteiger partial charge in [0.25, 0.3) is 5.19 Å². The number of aromatic nitrogens is 1. The molecule has 1 atom stereocenters. The van der Waals surface area contributed by atoms with E-state index < -0.39 is 5.97 Å². The van der Waals surface area contributed by atoms with Gasteiger partial charge in [-0.05, 0) is 13.3 Å². The Kier molecular flexibility index (Phi) is 4.35. The van der Waals surface area contributed by atoms with Gasteiger partial charge in [0.2, 0.25) is 0 Å². The molecule has 0 spiro atoms. The summed E-state index contributed by atoms with van der Waals surface area (Å²) < 4.78 is 9.99. The van der Waals surface area contributed by atoms with Crippen LogP contribution in [0.25, 0.3) is 0 Å². The Morgan fingerprint density at radius 1 is 1.67 bits per heavy atom. The van der Waals surface area contributed by atoms with Crippen LogP contribution in [0.5, 0.6) is 5.19 Å². The zero-order chi connectivity index (χ0) is 11.4. The molecule has 0 radical (unpaired) electrons. The fourth-order valence-electron chi connectivity index (χ4n) is 0.808. The summed E-state index contributed by atoms with van der Waals surface area (Å²) in [6.45, 7) is 3.92. The lowest BCUT2D eigenvalue weighted by atomic mass is 10.3. The third-order valence-corrected chi connectivity index (χ3v) is 3.13. The van der Waals surface area contributed by atoms with Crippen LogP contribution in [0, 0.1) is 0 Å². The summed E-state index contributed by atoms with van der Waals surface area (Å²) in [5, 5.41) is 0.528. The van der Waals surface area contributed by atoms with Crippen LogP contribution < -0.4 is 4.74 Å². The number of methoxy groups -OCH3 is 1. The second kappa shape index (κ2) is 5.32. The Morgan fingerprint density at radius 2 is 2.33 bits per heavy atom. The van der Waals surface area contributed by atoms with Crippen molar-refractivity contribution in [3.05, 3.63) is 10.0 Å². The minimum Gasteiger partial charge on any atom is -0.467 e. The van der Waals surface area contributed by atoms with Crippen molar-refractivity contribution in [3.8, 4) is 5.19 Å². The lowest BCUT2D eigenvalue weighted by Gasteiger charge is -2.07. The number of ether oxygens (including phenoxy) is 2. The van der Waals surface area contributed by atoms with Crippen molar-refractivity contribution in [2.45, 2.75) is 26.4 Å². The number of esters is 1. The Morgan fingerprint density at radius 3 is 2.87 bits per heavy atom. The number of nitrogens with zero attached hydrogens (tertiary/aromatic N) is 1. The van der Waals surface area contributed by atoms with Gasteiger partial charge in [0, 0.05) is 0 Å².